The maximum absolute atomic E-state index is 12.9. The third kappa shape index (κ3) is 4.29. The molecule has 0 aliphatic carbocycles. The number of hydrogen-bond donors (Lipinski definition) is 2. The van der Waals surface area contributed by atoms with Crippen LogP contribution in [0.3, 0.4) is 0 Å². The van der Waals surface area contributed by atoms with Crippen LogP contribution in [-0.2, 0) is 10.3 Å². The fraction of sp³-hybridized carbons (Fsp3) is 0.476. The second-order valence-corrected chi connectivity index (χ2v) is 8.16. The van der Waals surface area contributed by atoms with Crippen LogP contribution in [0.4, 0.5) is 4.79 Å². The van der Waals surface area contributed by atoms with Gasteiger partial charge in [-0.25, -0.2) is 9.48 Å². The first-order valence-electron chi connectivity index (χ1n) is 9.82. The zero-order valence-electron chi connectivity index (χ0n) is 17.8. The number of piperazine rings is 1. The minimum atomic E-state index is -1.02. The Morgan fingerprint density at radius 2 is 1.83 bits per heavy atom. The molecule has 0 bridgehead atoms. The predicted octanol–water partition coefficient (Wildman–Crippen LogP) is 2.62. The maximum Gasteiger partial charge on any atom is 0.408 e. The van der Waals surface area contributed by atoms with Crippen LogP contribution in [0.5, 0.6) is 0 Å². The number of amides is 2. The molecule has 0 radical (unpaired) electrons. The van der Waals surface area contributed by atoms with E-state index in [1.54, 1.807) is 9.58 Å². The van der Waals surface area contributed by atoms with Gasteiger partial charge in [-0.15, -0.1) is 12.4 Å². The van der Waals surface area contributed by atoms with Gasteiger partial charge in [-0.1, -0.05) is 32.0 Å². The van der Waals surface area contributed by atoms with Gasteiger partial charge in [0.15, 0.2) is 0 Å². The minimum absolute atomic E-state index is 0. The second kappa shape index (κ2) is 9.06. The molecule has 3 rings (SSSR count). The van der Waals surface area contributed by atoms with E-state index >= 15 is 0 Å². The summed E-state index contributed by atoms with van der Waals surface area (Å²) in [6.07, 6.45) is -1.02. The maximum atomic E-state index is 12.9. The van der Waals surface area contributed by atoms with Gasteiger partial charge in [0.1, 0.15) is 5.54 Å². The van der Waals surface area contributed by atoms with Gasteiger partial charge in [0.05, 0.1) is 23.1 Å². The van der Waals surface area contributed by atoms with E-state index in [2.05, 4.69) is 5.10 Å². The molecular formula is C21H30ClN5O3. The highest BCUT2D eigenvalue weighted by molar-refractivity contribution is 5.85. The van der Waals surface area contributed by atoms with Crippen LogP contribution in [0.1, 0.15) is 32.2 Å². The minimum Gasteiger partial charge on any atom is -0.465 e. The van der Waals surface area contributed by atoms with Crippen molar-refractivity contribution in [2.45, 2.75) is 39.3 Å². The summed E-state index contributed by atoms with van der Waals surface area (Å²) in [7, 11) is 0. The molecular weight excluding hydrogens is 406 g/mol. The van der Waals surface area contributed by atoms with E-state index in [0.29, 0.717) is 6.54 Å². The number of nitrogens with zero attached hydrogens (tertiary/aromatic N) is 4. The van der Waals surface area contributed by atoms with Gasteiger partial charge in [-0.3, -0.25) is 9.69 Å². The molecule has 1 aromatic heterocycles. The summed E-state index contributed by atoms with van der Waals surface area (Å²) in [6, 6.07) is 10.8. The van der Waals surface area contributed by atoms with E-state index < -0.39 is 17.7 Å². The molecule has 1 aliphatic rings. The fourth-order valence-electron chi connectivity index (χ4n) is 3.86. The zero-order valence-corrected chi connectivity index (χ0v) is 18.6. The molecule has 2 amide bonds. The fourth-order valence-corrected chi connectivity index (χ4v) is 3.86. The number of carboxylic acid groups (broad SMARTS) is 1. The van der Waals surface area contributed by atoms with Crippen LogP contribution in [-0.4, -0.2) is 62.4 Å². The zero-order chi connectivity index (χ0) is 21.3. The highest BCUT2D eigenvalue weighted by atomic mass is 35.5. The molecule has 2 atom stereocenters. The summed E-state index contributed by atoms with van der Waals surface area (Å²) in [6.45, 7) is 8.28. The van der Waals surface area contributed by atoms with Crippen LogP contribution in [0.15, 0.2) is 36.4 Å². The van der Waals surface area contributed by atoms with Crippen molar-refractivity contribution in [3.05, 3.63) is 47.8 Å². The van der Waals surface area contributed by atoms with E-state index in [0.717, 1.165) is 17.1 Å². The van der Waals surface area contributed by atoms with E-state index in [-0.39, 0.29) is 37.3 Å². The Morgan fingerprint density at radius 1 is 1.20 bits per heavy atom. The lowest BCUT2D eigenvalue weighted by molar-refractivity contribution is -0.138. The number of nitrogens with two attached hydrogens (primary N) is 1. The summed E-state index contributed by atoms with van der Waals surface area (Å²) in [5, 5.41) is 14.5. The topological polar surface area (TPSA) is 105 Å². The average Bonchev–Trinajstić information content (AvgIpc) is 3.09. The van der Waals surface area contributed by atoms with E-state index in [4.69, 9.17) is 5.73 Å². The van der Waals surface area contributed by atoms with Crippen LogP contribution in [0.2, 0.25) is 0 Å². The lowest BCUT2D eigenvalue weighted by atomic mass is 9.90. The van der Waals surface area contributed by atoms with Gasteiger partial charge in [-0.05, 0) is 38.0 Å². The van der Waals surface area contributed by atoms with Crippen LogP contribution >= 0.6 is 12.4 Å². The molecule has 1 aromatic carbocycles. The van der Waals surface area contributed by atoms with Gasteiger partial charge in [0, 0.05) is 19.6 Å². The summed E-state index contributed by atoms with van der Waals surface area (Å²) in [4.78, 5) is 28.1. The third-order valence-electron chi connectivity index (χ3n) is 5.62. The van der Waals surface area contributed by atoms with Gasteiger partial charge in [0.2, 0.25) is 5.91 Å². The molecule has 1 fully saturated rings. The molecule has 2 aromatic rings. The first kappa shape index (κ1) is 23.7. The van der Waals surface area contributed by atoms with E-state index in [9.17, 15) is 14.7 Å². The van der Waals surface area contributed by atoms with E-state index in [1.165, 1.54) is 4.90 Å². The summed E-state index contributed by atoms with van der Waals surface area (Å²) in [5.41, 5.74) is 7.47. The Bertz CT molecular complexity index is 901. The lowest BCUT2D eigenvalue weighted by Gasteiger charge is -2.48. The van der Waals surface area contributed by atoms with Crippen LogP contribution < -0.4 is 5.73 Å². The molecule has 9 heteroatoms. The van der Waals surface area contributed by atoms with Gasteiger partial charge in [-0.2, -0.15) is 5.10 Å². The molecule has 2 heterocycles. The third-order valence-corrected chi connectivity index (χ3v) is 5.62. The Hall–Kier alpha value is -2.58. The predicted molar refractivity (Wildman–Crippen MR) is 117 cm³/mol. The number of aromatic nitrogens is 2. The van der Waals surface area contributed by atoms with Gasteiger partial charge in [0.25, 0.3) is 0 Å². The Balaban J connectivity index is 0.00000320. The number of rotatable bonds is 4. The van der Waals surface area contributed by atoms with Crippen molar-refractivity contribution >= 4 is 24.4 Å². The van der Waals surface area contributed by atoms with Gasteiger partial charge < -0.3 is 15.7 Å². The van der Waals surface area contributed by atoms with Crippen LogP contribution in [0.25, 0.3) is 5.69 Å². The number of carbonyl (C=O) groups is 2. The largest absolute Gasteiger partial charge is 0.465 e. The quantitative estimate of drug-likeness (QED) is 0.768. The number of carbonyl (C=O) groups excluding carboxylic acids is 1. The SMILES string of the molecule is Cc1cc([C@]2(C)CN(C(=O)[C@@H](N)C(C)C)CCN2C(=O)O)n(-c2ccccc2)n1.Cl. The number of benzene rings is 1. The molecule has 3 N–H and O–H groups in total. The molecule has 1 aliphatic heterocycles. The smallest absolute Gasteiger partial charge is 0.408 e. The Kier molecular flexibility index (Phi) is 7.15. The van der Waals surface area contributed by atoms with Crippen LogP contribution in [0, 0.1) is 12.8 Å². The van der Waals surface area contributed by atoms with Crippen molar-refractivity contribution in [3.63, 3.8) is 0 Å². The average molecular weight is 436 g/mol. The monoisotopic (exact) mass is 435 g/mol. The summed E-state index contributed by atoms with van der Waals surface area (Å²) < 4.78 is 1.77. The van der Waals surface area contributed by atoms with Crippen molar-refractivity contribution in [3.8, 4) is 5.69 Å². The number of para-hydroxylation sites is 1. The molecule has 164 valence electrons. The lowest BCUT2D eigenvalue weighted by Crippen LogP contribution is -2.63. The molecule has 1 saturated heterocycles. The van der Waals surface area contributed by atoms with Crippen molar-refractivity contribution in [1.29, 1.82) is 0 Å². The van der Waals surface area contributed by atoms with Crippen molar-refractivity contribution in [1.82, 2.24) is 19.6 Å². The summed E-state index contributed by atoms with van der Waals surface area (Å²) >= 11 is 0. The molecule has 8 nitrogen and oxygen atoms in total. The first-order valence-corrected chi connectivity index (χ1v) is 9.82. The Morgan fingerprint density at radius 3 is 2.40 bits per heavy atom. The number of aryl methyl sites for hydroxylation is 1. The highest BCUT2D eigenvalue weighted by Gasteiger charge is 2.46. The van der Waals surface area contributed by atoms with Crippen molar-refractivity contribution < 1.29 is 14.7 Å². The standard InChI is InChI=1S/C21H29N5O3.ClH/c1-14(2)18(22)19(27)24-10-11-25(20(28)29)21(4,13-24)17-12-15(3)23-26(17)16-8-6-5-7-9-16;/h5-9,12,14,18H,10-11,13,22H2,1-4H3,(H,28,29);1H/t18-,21-;/m0./s1. The van der Waals surface area contributed by atoms with Crippen molar-refractivity contribution in [2.24, 2.45) is 11.7 Å². The number of halogens is 1. The molecule has 0 unspecified atom stereocenters. The Labute approximate surface area is 183 Å². The first-order chi connectivity index (χ1) is 13.6. The number of hydrogen-bond acceptors (Lipinski definition) is 4. The normalized spacial score (nSPS) is 20.1. The van der Waals surface area contributed by atoms with E-state index in [1.807, 2.05) is 64.1 Å². The molecule has 30 heavy (non-hydrogen) atoms. The molecule has 0 saturated carbocycles. The summed E-state index contributed by atoms with van der Waals surface area (Å²) in [5.74, 6) is -0.151. The molecule has 0 spiro atoms. The second-order valence-electron chi connectivity index (χ2n) is 8.16. The highest BCUT2D eigenvalue weighted by Crippen LogP contribution is 2.34. The van der Waals surface area contributed by atoms with Gasteiger partial charge >= 0.3 is 6.09 Å². The van der Waals surface area contributed by atoms with Crippen molar-refractivity contribution in [2.75, 3.05) is 19.6 Å².